The first kappa shape index (κ1) is 11.3. The van der Waals surface area contributed by atoms with Crippen LogP contribution in [0.3, 0.4) is 0 Å². The van der Waals surface area contributed by atoms with Gasteiger partial charge in [-0.05, 0) is 19.4 Å². The molecule has 0 unspecified atom stereocenters. The fourth-order valence-electron chi connectivity index (χ4n) is 1.02. The van der Waals surface area contributed by atoms with Crippen molar-refractivity contribution in [2.45, 2.75) is 25.3 Å². The zero-order chi connectivity index (χ0) is 10.6. The summed E-state index contributed by atoms with van der Waals surface area (Å²) in [6, 6.07) is 3.78. The predicted octanol–water partition coefficient (Wildman–Crippen LogP) is 2.77. The van der Waals surface area contributed by atoms with Gasteiger partial charge in [0.1, 0.15) is 0 Å². The van der Waals surface area contributed by atoms with Crippen molar-refractivity contribution in [2.75, 3.05) is 7.11 Å². The van der Waals surface area contributed by atoms with Gasteiger partial charge < -0.3 is 9.47 Å². The number of pyridine rings is 1. The van der Waals surface area contributed by atoms with E-state index in [0.29, 0.717) is 11.8 Å². The number of hydrogen-bond acceptors (Lipinski definition) is 3. The summed E-state index contributed by atoms with van der Waals surface area (Å²) in [7, 11) is 1.60. The van der Waals surface area contributed by atoms with Gasteiger partial charge >= 0.3 is 0 Å². The summed E-state index contributed by atoms with van der Waals surface area (Å²) in [6.45, 7) is 3.93. The number of alkyl halides is 1. The van der Waals surface area contributed by atoms with Crippen LogP contribution in [0.4, 0.5) is 0 Å². The van der Waals surface area contributed by atoms with Crippen LogP contribution in [-0.4, -0.2) is 18.2 Å². The fourth-order valence-corrected chi connectivity index (χ4v) is 1.34. The molecule has 0 saturated carbocycles. The highest BCUT2D eigenvalue weighted by molar-refractivity contribution is 9.08. The number of ether oxygens (including phenoxy) is 2. The number of hydrogen-bond donors (Lipinski definition) is 0. The summed E-state index contributed by atoms with van der Waals surface area (Å²) < 4.78 is 10.6. The summed E-state index contributed by atoms with van der Waals surface area (Å²) in [4.78, 5) is 4.17. The third kappa shape index (κ3) is 3.18. The Morgan fingerprint density at radius 3 is 2.50 bits per heavy atom. The normalized spacial score (nSPS) is 10.4. The molecule has 1 heterocycles. The average Bonchev–Trinajstić information content (AvgIpc) is 2.16. The molecule has 0 fully saturated rings. The van der Waals surface area contributed by atoms with E-state index >= 15 is 0 Å². The Hall–Kier alpha value is -0.770. The van der Waals surface area contributed by atoms with Crippen LogP contribution in [-0.2, 0) is 5.33 Å². The molecule has 1 aromatic heterocycles. The Labute approximate surface area is 92.6 Å². The number of halogens is 1. The monoisotopic (exact) mass is 259 g/mol. The Morgan fingerprint density at radius 1 is 1.36 bits per heavy atom. The van der Waals surface area contributed by atoms with Gasteiger partial charge in [-0.15, -0.1) is 0 Å². The third-order valence-corrected chi connectivity index (χ3v) is 2.21. The third-order valence-electron chi connectivity index (χ3n) is 1.56. The second-order valence-electron chi connectivity index (χ2n) is 3.16. The second kappa shape index (κ2) is 5.20. The molecular formula is C10H14BrNO2. The first-order chi connectivity index (χ1) is 6.65. The zero-order valence-electron chi connectivity index (χ0n) is 8.58. The molecule has 3 nitrogen and oxygen atoms in total. The van der Waals surface area contributed by atoms with E-state index in [4.69, 9.17) is 9.47 Å². The molecule has 14 heavy (non-hydrogen) atoms. The van der Waals surface area contributed by atoms with Crippen LogP contribution in [0.1, 0.15) is 19.4 Å². The van der Waals surface area contributed by atoms with E-state index in [9.17, 15) is 0 Å². The van der Waals surface area contributed by atoms with E-state index in [1.165, 1.54) is 0 Å². The quantitative estimate of drug-likeness (QED) is 0.780. The van der Waals surface area contributed by atoms with Crippen LogP contribution >= 0.6 is 15.9 Å². The predicted molar refractivity (Wildman–Crippen MR) is 59.2 cm³/mol. The molecule has 0 aliphatic rings. The molecule has 0 atom stereocenters. The molecule has 0 radical (unpaired) electrons. The van der Waals surface area contributed by atoms with Gasteiger partial charge in [-0.1, -0.05) is 15.9 Å². The number of aromatic nitrogens is 1. The first-order valence-electron chi connectivity index (χ1n) is 4.43. The standard InChI is InChI=1S/C10H14BrNO2/c1-7(2)14-10-5-8(6-11)4-9(12-10)13-3/h4-5,7H,6H2,1-3H3. The highest BCUT2D eigenvalue weighted by Gasteiger charge is 2.04. The van der Waals surface area contributed by atoms with E-state index in [0.717, 1.165) is 10.9 Å². The van der Waals surface area contributed by atoms with Crippen LogP contribution in [0.5, 0.6) is 11.8 Å². The Kier molecular flexibility index (Phi) is 4.20. The molecule has 0 saturated heterocycles. The summed E-state index contributed by atoms with van der Waals surface area (Å²) in [6.07, 6.45) is 0.123. The summed E-state index contributed by atoms with van der Waals surface area (Å²) >= 11 is 3.38. The SMILES string of the molecule is COc1cc(CBr)cc(OC(C)C)n1. The van der Waals surface area contributed by atoms with Crippen molar-refractivity contribution in [3.63, 3.8) is 0 Å². The minimum absolute atomic E-state index is 0.123. The van der Waals surface area contributed by atoms with Gasteiger partial charge in [0, 0.05) is 17.5 Å². The van der Waals surface area contributed by atoms with Gasteiger partial charge in [-0.3, -0.25) is 0 Å². The van der Waals surface area contributed by atoms with Gasteiger partial charge in [-0.25, -0.2) is 0 Å². The Balaban J connectivity index is 2.92. The second-order valence-corrected chi connectivity index (χ2v) is 3.72. The van der Waals surface area contributed by atoms with Crippen molar-refractivity contribution in [3.05, 3.63) is 17.7 Å². The maximum absolute atomic E-state index is 5.49. The van der Waals surface area contributed by atoms with E-state index in [2.05, 4.69) is 20.9 Å². The Bertz CT molecular complexity index is 280. The maximum atomic E-state index is 5.49. The van der Waals surface area contributed by atoms with Gasteiger partial charge in [0.15, 0.2) is 0 Å². The molecule has 78 valence electrons. The van der Waals surface area contributed by atoms with Crippen LogP contribution < -0.4 is 9.47 Å². The molecule has 0 aliphatic heterocycles. The first-order valence-corrected chi connectivity index (χ1v) is 5.55. The highest BCUT2D eigenvalue weighted by Crippen LogP contribution is 2.20. The van der Waals surface area contributed by atoms with Gasteiger partial charge in [0.05, 0.1) is 13.2 Å². The molecule has 0 aromatic carbocycles. The molecule has 1 rings (SSSR count). The molecule has 0 spiro atoms. The summed E-state index contributed by atoms with van der Waals surface area (Å²) in [5.41, 5.74) is 1.09. The summed E-state index contributed by atoms with van der Waals surface area (Å²) in [5.74, 6) is 1.19. The summed E-state index contributed by atoms with van der Waals surface area (Å²) in [5, 5.41) is 0.764. The molecule has 0 N–H and O–H groups in total. The molecular weight excluding hydrogens is 246 g/mol. The van der Waals surface area contributed by atoms with Crippen LogP contribution in [0, 0.1) is 0 Å². The number of rotatable bonds is 4. The van der Waals surface area contributed by atoms with Crippen molar-refractivity contribution < 1.29 is 9.47 Å². The van der Waals surface area contributed by atoms with Crippen molar-refractivity contribution >= 4 is 15.9 Å². The molecule has 0 amide bonds. The van der Waals surface area contributed by atoms with Crippen molar-refractivity contribution in [1.29, 1.82) is 0 Å². The Morgan fingerprint density at radius 2 is 2.00 bits per heavy atom. The van der Waals surface area contributed by atoms with E-state index in [1.807, 2.05) is 26.0 Å². The van der Waals surface area contributed by atoms with Crippen molar-refractivity contribution in [1.82, 2.24) is 4.98 Å². The lowest BCUT2D eigenvalue weighted by Gasteiger charge is -2.10. The minimum atomic E-state index is 0.123. The van der Waals surface area contributed by atoms with E-state index in [-0.39, 0.29) is 6.10 Å². The maximum Gasteiger partial charge on any atom is 0.217 e. The molecule has 1 aromatic rings. The average molecular weight is 260 g/mol. The fraction of sp³-hybridized carbons (Fsp3) is 0.500. The van der Waals surface area contributed by atoms with Crippen molar-refractivity contribution in [2.24, 2.45) is 0 Å². The number of methoxy groups -OCH3 is 1. The highest BCUT2D eigenvalue weighted by atomic mass is 79.9. The van der Waals surface area contributed by atoms with Crippen LogP contribution in [0.25, 0.3) is 0 Å². The van der Waals surface area contributed by atoms with E-state index < -0.39 is 0 Å². The van der Waals surface area contributed by atoms with Gasteiger partial charge in [0.2, 0.25) is 11.8 Å². The lowest BCUT2D eigenvalue weighted by Crippen LogP contribution is -2.07. The molecule has 4 heteroatoms. The lowest BCUT2D eigenvalue weighted by molar-refractivity contribution is 0.229. The van der Waals surface area contributed by atoms with Gasteiger partial charge in [0.25, 0.3) is 0 Å². The lowest BCUT2D eigenvalue weighted by atomic mass is 10.3. The molecule has 0 bridgehead atoms. The van der Waals surface area contributed by atoms with Crippen LogP contribution in [0.2, 0.25) is 0 Å². The topological polar surface area (TPSA) is 31.4 Å². The van der Waals surface area contributed by atoms with E-state index in [1.54, 1.807) is 7.11 Å². The zero-order valence-corrected chi connectivity index (χ0v) is 10.2. The smallest absolute Gasteiger partial charge is 0.217 e. The van der Waals surface area contributed by atoms with Crippen molar-refractivity contribution in [3.8, 4) is 11.8 Å². The minimum Gasteiger partial charge on any atom is -0.481 e. The number of nitrogens with zero attached hydrogens (tertiary/aromatic N) is 1. The molecule has 0 aliphatic carbocycles. The van der Waals surface area contributed by atoms with Crippen LogP contribution in [0.15, 0.2) is 12.1 Å². The largest absolute Gasteiger partial charge is 0.481 e. The van der Waals surface area contributed by atoms with Gasteiger partial charge in [-0.2, -0.15) is 4.98 Å².